The summed E-state index contributed by atoms with van der Waals surface area (Å²) in [6.45, 7) is 0.544. The van der Waals surface area contributed by atoms with Crippen LogP contribution in [0.25, 0.3) is 0 Å². The Morgan fingerprint density at radius 1 is 1.64 bits per heavy atom. The average Bonchev–Trinajstić information content (AvgIpc) is 1.83. The van der Waals surface area contributed by atoms with Crippen LogP contribution in [0, 0.1) is 0 Å². The lowest BCUT2D eigenvalue weighted by atomic mass is 10.1. The van der Waals surface area contributed by atoms with Crippen LogP contribution < -0.4 is 0 Å². The molecule has 4 nitrogen and oxygen atoms in total. The maximum Gasteiger partial charge on any atom is 0.328 e. The van der Waals surface area contributed by atoms with Crippen molar-refractivity contribution in [3.05, 3.63) is 0 Å². The summed E-state index contributed by atoms with van der Waals surface area (Å²) in [7, 11) is 1.29. The number of esters is 1. The standard InChI is InChI=1S/C6H8ClNO3/c1-11-5(9)4-2-3-8(4)6(7)10/h4H,2-3H2,1H3/t4-/m0/s1. The minimum absolute atomic E-state index is 0.398. The van der Waals surface area contributed by atoms with E-state index in [0.717, 1.165) is 0 Å². The molecule has 1 heterocycles. The van der Waals surface area contributed by atoms with Crippen molar-refractivity contribution in [3.8, 4) is 0 Å². The highest BCUT2D eigenvalue weighted by Gasteiger charge is 2.37. The van der Waals surface area contributed by atoms with Gasteiger partial charge >= 0.3 is 11.3 Å². The molecule has 1 rings (SSSR count). The van der Waals surface area contributed by atoms with Gasteiger partial charge in [-0.25, -0.2) is 4.79 Å². The Morgan fingerprint density at radius 2 is 2.27 bits per heavy atom. The molecule has 0 bridgehead atoms. The fourth-order valence-electron chi connectivity index (χ4n) is 0.979. The molecule has 1 saturated heterocycles. The molecule has 0 saturated carbocycles. The number of rotatable bonds is 1. The van der Waals surface area contributed by atoms with E-state index >= 15 is 0 Å². The number of halogens is 1. The molecule has 1 atom stereocenters. The van der Waals surface area contributed by atoms with E-state index in [4.69, 9.17) is 11.6 Å². The van der Waals surface area contributed by atoms with Gasteiger partial charge in [-0.2, -0.15) is 0 Å². The number of likely N-dealkylation sites (tertiary alicyclic amines) is 1. The van der Waals surface area contributed by atoms with Crippen molar-refractivity contribution >= 4 is 22.9 Å². The summed E-state index contributed by atoms with van der Waals surface area (Å²) in [5.74, 6) is -0.398. The second kappa shape index (κ2) is 3.09. The van der Waals surface area contributed by atoms with E-state index < -0.39 is 17.4 Å². The van der Waals surface area contributed by atoms with E-state index in [1.54, 1.807) is 0 Å². The molecule has 1 aliphatic heterocycles. The molecule has 1 aliphatic rings. The average molecular weight is 178 g/mol. The Labute approximate surface area is 69.1 Å². The third-order valence-corrected chi connectivity index (χ3v) is 1.94. The van der Waals surface area contributed by atoms with Crippen molar-refractivity contribution in [1.82, 2.24) is 4.90 Å². The first-order valence-corrected chi connectivity index (χ1v) is 3.58. The third kappa shape index (κ3) is 1.45. The van der Waals surface area contributed by atoms with Crippen molar-refractivity contribution < 1.29 is 14.3 Å². The highest BCUT2D eigenvalue weighted by molar-refractivity contribution is 6.63. The van der Waals surface area contributed by atoms with Crippen molar-refractivity contribution in [3.63, 3.8) is 0 Å². The summed E-state index contributed by atoms with van der Waals surface area (Å²) in [5.41, 5.74) is 0. The van der Waals surface area contributed by atoms with Crippen molar-refractivity contribution in [2.45, 2.75) is 12.5 Å². The van der Waals surface area contributed by atoms with Gasteiger partial charge in [0.1, 0.15) is 6.04 Å². The monoisotopic (exact) mass is 177 g/mol. The minimum atomic E-state index is -0.591. The van der Waals surface area contributed by atoms with E-state index in [9.17, 15) is 9.59 Å². The Morgan fingerprint density at radius 3 is 2.55 bits per heavy atom. The first-order chi connectivity index (χ1) is 5.16. The van der Waals surface area contributed by atoms with Crippen LogP contribution in [0.3, 0.4) is 0 Å². The van der Waals surface area contributed by atoms with Crippen LogP contribution in [0.15, 0.2) is 0 Å². The lowest BCUT2D eigenvalue weighted by molar-refractivity contribution is -0.149. The molecular weight excluding hydrogens is 170 g/mol. The molecular formula is C6H8ClNO3. The lowest BCUT2D eigenvalue weighted by Gasteiger charge is -2.36. The number of hydrogen-bond donors (Lipinski definition) is 0. The van der Waals surface area contributed by atoms with Crippen LogP contribution in [0.5, 0.6) is 0 Å². The van der Waals surface area contributed by atoms with Crippen LogP contribution >= 0.6 is 11.6 Å². The number of amides is 1. The van der Waals surface area contributed by atoms with E-state index in [1.807, 2.05) is 0 Å². The topological polar surface area (TPSA) is 46.6 Å². The first kappa shape index (κ1) is 8.33. The predicted molar refractivity (Wildman–Crippen MR) is 38.4 cm³/mol. The molecule has 0 spiro atoms. The molecule has 0 aliphatic carbocycles. The highest BCUT2D eigenvalue weighted by atomic mass is 35.5. The molecule has 0 unspecified atom stereocenters. The summed E-state index contributed by atoms with van der Waals surface area (Å²) in [5, 5.41) is -0.591. The van der Waals surface area contributed by atoms with Gasteiger partial charge < -0.3 is 9.64 Å². The highest BCUT2D eigenvalue weighted by Crippen LogP contribution is 2.19. The van der Waals surface area contributed by atoms with E-state index in [0.29, 0.717) is 13.0 Å². The summed E-state index contributed by atoms with van der Waals surface area (Å²) in [6.07, 6.45) is 0.644. The van der Waals surface area contributed by atoms with Gasteiger partial charge in [-0.3, -0.25) is 4.79 Å². The molecule has 0 N–H and O–H groups in total. The zero-order valence-corrected chi connectivity index (χ0v) is 6.80. The van der Waals surface area contributed by atoms with Gasteiger partial charge in [0, 0.05) is 6.54 Å². The van der Waals surface area contributed by atoms with Gasteiger partial charge in [-0.15, -0.1) is 0 Å². The van der Waals surface area contributed by atoms with Gasteiger partial charge in [0.25, 0.3) is 0 Å². The molecule has 5 heteroatoms. The Balaban J connectivity index is 2.49. The van der Waals surface area contributed by atoms with Gasteiger partial charge in [0.2, 0.25) is 0 Å². The van der Waals surface area contributed by atoms with Crippen LogP contribution in [0.2, 0.25) is 0 Å². The number of hydrogen-bond acceptors (Lipinski definition) is 3. The zero-order valence-electron chi connectivity index (χ0n) is 6.04. The van der Waals surface area contributed by atoms with Gasteiger partial charge in [0.05, 0.1) is 7.11 Å². The maximum atomic E-state index is 10.8. The van der Waals surface area contributed by atoms with E-state index in [-0.39, 0.29) is 0 Å². The fraction of sp³-hybridized carbons (Fsp3) is 0.667. The quantitative estimate of drug-likeness (QED) is 0.335. The number of ether oxygens (including phenoxy) is 1. The van der Waals surface area contributed by atoms with Gasteiger partial charge in [-0.1, -0.05) is 0 Å². The van der Waals surface area contributed by atoms with Crippen LogP contribution in [-0.4, -0.2) is 35.9 Å². The van der Waals surface area contributed by atoms with Crippen LogP contribution in [0.4, 0.5) is 4.79 Å². The summed E-state index contributed by atoms with van der Waals surface area (Å²) in [4.78, 5) is 22.6. The molecule has 62 valence electrons. The zero-order chi connectivity index (χ0) is 8.43. The number of carbonyl (C=O) groups is 2. The van der Waals surface area contributed by atoms with E-state index in [2.05, 4.69) is 4.74 Å². The van der Waals surface area contributed by atoms with Gasteiger partial charge in [-0.05, 0) is 18.0 Å². The molecule has 0 aromatic carbocycles. The summed E-state index contributed by atoms with van der Waals surface area (Å²) >= 11 is 5.15. The predicted octanol–water partition coefficient (Wildman–Crippen LogP) is 0.593. The molecule has 0 aromatic rings. The lowest BCUT2D eigenvalue weighted by Crippen LogP contribution is -2.53. The summed E-state index contributed by atoms with van der Waals surface area (Å²) < 4.78 is 4.44. The Kier molecular flexibility index (Phi) is 2.34. The van der Waals surface area contributed by atoms with Crippen molar-refractivity contribution in [2.24, 2.45) is 0 Å². The van der Waals surface area contributed by atoms with Crippen LogP contribution in [-0.2, 0) is 9.53 Å². The normalized spacial score (nSPS) is 22.4. The second-order valence-corrected chi connectivity index (χ2v) is 2.60. The van der Waals surface area contributed by atoms with E-state index in [1.165, 1.54) is 12.0 Å². The number of methoxy groups -OCH3 is 1. The molecule has 0 aromatic heterocycles. The van der Waals surface area contributed by atoms with Crippen molar-refractivity contribution in [2.75, 3.05) is 13.7 Å². The third-order valence-electron chi connectivity index (χ3n) is 1.72. The molecule has 0 radical (unpaired) electrons. The second-order valence-electron chi connectivity index (χ2n) is 2.27. The molecule has 1 fully saturated rings. The SMILES string of the molecule is COC(=O)[C@@H]1CCN1C(=O)Cl. The van der Waals surface area contributed by atoms with Gasteiger partial charge in [0.15, 0.2) is 0 Å². The molecule has 1 amide bonds. The largest absolute Gasteiger partial charge is 0.467 e. The minimum Gasteiger partial charge on any atom is -0.467 e. The number of carbonyl (C=O) groups excluding carboxylic acids is 2. The Hall–Kier alpha value is -0.770. The van der Waals surface area contributed by atoms with Crippen LogP contribution in [0.1, 0.15) is 6.42 Å². The number of nitrogens with zero attached hydrogens (tertiary/aromatic N) is 1. The maximum absolute atomic E-state index is 10.8. The first-order valence-electron chi connectivity index (χ1n) is 3.20. The summed E-state index contributed by atoms with van der Waals surface area (Å²) in [6, 6.07) is -0.454. The fourth-order valence-corrected chi connectivity index (χ4v) is 1.18. The smallest absolute Gasteiger partial charge is 0.328 e. The Bertz CT molecular complexity index is 194. The molecule has 11 heavy (non-hydrogen) atoms. The van der Waals surface area contributed by atoms with Crippen molar-refractivity contribution in [1.29, 1.82) is 0 Å².